The number of likely N-dealkylation sites (N-methyl/N-ethyl adjacent to an activating group) is 1. The first-order chi connectivity index (χ1) is 7.11. The number of rotatable bonds is 0. The second kappa shape index (κ2) is 3.38. The Morgan fingerprint density at radius 1 is 1.27 bits per heavy atom. The topological polar surface area (TPSA) is 49.4 Å². The van der Waals surface area contributed by atoms with Crippen LogP contribution in [0.15, 0.2) is 24.3 Å². The molecule has 0 saturated carbocycles. The Kier molecular flexibility index (Phi) is 2.19. The van der Waals surface area contributed by atoms with E-state index in [4.69, 9.17) is 0 Å². The molecule has 0 bridgehead atoms. The predicted molar refractivity (Wildman–Crippen MR) is 56.6 cm³/mol. The molecule has 0 aromatic heterocycles. The lowest BCUT2D eigenvalue weighted by Crippen LogP contribution is -2.40. The molecule has 1 aromatic carbocycles. The molecule has 4 nitrogen and oxygen atoms in total. The predicted octanol–water partition coefficient (Wildman–Crippen LogP) is 1.10. The van der Waals surface area contributed by atoms with Crippen LogP contribution in [0.1, 0.15) is 17.3 Å². The summed E-state index contributed by atoms with van der Waals surface area (Å²) < 4.78 is 0. The van der Waals surface area contributed by atoms with E-state index in [1.54, 1.807) is 38.2 Å². The number of benzene rings is 1. The quantitative estimate of drug-likeness (QED) is 0.688. The lowest BCUT2D eigenvalue weighted by atomic mass is 10.1. The number of nitrogens with zero attached hydrogens (tertiary/aromatic N) is 1. The summed E-state index contributed by atoms with van der Waals surface area (Å²) in [6.45, 7) is 1.71. The number of anilines is 1. The third-order valence-electron chi connectivity index (χ3n) is 2.70. The van der Waals surface area contributed by atoms with E-state index in [1.807, 2.05) is 0 Å². The summed E-state index contributed by atoms with van der Waals surface area (Å²) in [4.78, 5) is 25.0. The lowest BCUT2D eigenvalue weighted by molar-refractivity contribution is -0.119. The highest BCUT2D eigenvalue weighted by Crippen LogP contribution is 2.21. The van der Waals surface area contributed by atoms with Crippen molar-refractivity contribution in [1.82, 2.24) is 4.90 Å². The van der Waals surface area contributed by atoms with Crippen molar-refractivity contribution in [2.45, 2.75) is 13.0 Å². The molecule has 1 unspecified atom stereocenters. The first-order valence-electron chi connectivity index (χ1n) is 4.78. The zero-order valence-electron chi connectivity index (χ0n) is 8.65. The fraction of sp³-hybridized carbons (Fsp3) is 0.273. The molecular formula is C11H12N2O2. The van der Waals surface area contributed by atoms with E-state index in [9.17, 15) is 9.59 Å². The third-order valence-corrected chi connectivity index (χ3v) is 2.70. The molecule has 1 atom stereocenters. The monoisotopic (exact) mass is 204 g/mol. The van der Waals surface area contributed by atoms with Crippen molar-refractivity contribution in [2.24, 2.45) is 0 Å². The average molecular weight is 204 g/mol. The van der Waals surface area contributed by atoms with Gasteiger partial charge in [-0.25, -0.2) is 0 Å². The Morgan fingerprint density at radius 2 is 1.93 bits per heavy atom. The summed E-state index contributed by atoms with van der Waals surface area (Å²) in [5, 5.41) is 2.73. The zero-order valence-corrected chi connectivity index (χ0v) is 8.65. The molecular weight excluding hydrogens is 192 g/mol. The minimum atomic E-state index is -0.440. The number of hydrogen-bond donors (Lipinski definition) is 1. The van der Waals surface area contributed by atoms with Crippen LogP contribution in [0.5, 0.6) is 0 Å². The number of carbonyl (C=O) groups is 2. The van der Waals surface area contributed by atoms with Gasteiger partial charge in [0.25, 0.3) is 5.91 Å². The summed E-state index contributed by atoms with van der Waals surface area (Å²) >= 11 is 0. The Hall–Kier alpha value is -1.84. The molecule has 0 spiro atoms. The molecule has 1 aromatic rings. The third kappa shape index (κ3) is 1.48. The van der Waals surface area contributed by atoms with E-state index in [1.165, 1.54) is 4.90 Å². The second-order valence-corrected chi connectivity index (χ2v) is 3.63. The summed E-state index contributed by atoms with van der Waals surface area (Å²) in [5.74, 6) is -0.285. The van der Waals surface area contributed by atoms with E-state index in [0.717, 1.165) is 0 Å². The van der Waals surface area contributed by atoms with Crippen LogP contribution in [-0.4, -0.2) is 29.8 Å². The maximum Gasteiger partial charge on any atom is 0.256 e. The van der Waals surface area contributed by atoms with Gasteiger partial charge < -0.3 is 10.2 Å². The maximum absolute atomic E-state index is 11.9. The molecule has 15 heavy (non-hydrogen) atoms. The van der Waals surface area contributed by atoms with Crippen LogP contribution < -0.4 is 5.32 Å². The normalized spacial score (nSPS) is 20.7. The molecule has 1 heterocycles. The first-order valence-corrected chi connectivity index (χ1v) is 4.78. The molecule has 0 aliphatic carbocycles. The van der Waals surface area contributed by atoms with Crippen LogP contribution in [0.25, 0.3) is 0 Å². The number of carbonyl (C=O) groups excluding carboxylic acids is 2. The number of fused-ring (bicyclic) bond motifs is 1. The summed E-state index contributed by atoms with van der Waals surface area (Å²) in [5.41, 5.74) is 1.13. The lowest BCUT2D eigenvalue weighted by Gasteiger charge is -2.19. The highest BCUT2D eigenvalue weighted by Gasteiger charge is 2.29. The van der Waals surface area contributed by atoms with Crippen LogP contribution in [0.4, 0.5) is 5.69 Å². The van der Waals surface area contributed by atoms with Gasteiger partial charge in [0.2, 0.25) is 5.91 Å². The average Bonchev–Trinajstić information content (AvgIpc) is 2.32. The van der Waals surface area contributed by atoms with Crippen molar-refractivity contribution in [1.29, 1.82) is 0 Å². The Balaban J connectivity index is 2.53. The van der Waals surface area contributed by atoms with Gasteiger partial charge in [0, 0.05) is 7.05 Å². The highest BCUT2D eigenvalue weighted by molar-refractivity contribution is 6.09. The Labute approximate surface area is 87.9 Å². The summed E-state index contributed by atoms with van der Waals surface area (Å²) in [7, 11) is 1.63. The SMILES string of the molecule is CC1C(=O)Nc2ccccc2C(=O)N1C. The molecule has 78 valence electrons. The molecule has 2 amide bonds. The van der Waals surface area contributed by atoms with Crippen molar-refractivity contribution >= 4 is 17.5 Å². The first kappa shape index (κ1) is 9.71. The Morgan fingerprint density at radius 3 is 2.67 bits per heavy atom. The zero-order chi connectivity index (χ0) is 11.0. The molecule has 0 saturated heterocycles. The molecule has 1 aliphatic rings. The van der Waals surface area contributed by atoms with Gasteiger partial charge in [-0.1, -0.05) is 12.1 Å². The number of nitrogens with one attached hydrogen (secondary N) is 1. The molecule has 2 rings (SSSR count). The Bertz CT molecular complexity index is 428. The van der Waals surface area contributed by atoms with E-state index >= 15 is 0 Å². The smallest absolute Gasteiger partial charge is 0.256 e. The standard InChI is InChI=1S/C11H12N2O2/c1-7-10(14)12-9-6-4-3-5-8(9)11(15)13(7)2/h3-7H,1-2H3,(H,12,14). The van der Waals surface area contributed by atoms with Gasteiger partial charge in [-0.3, -0.25) is 9.59 Å². The molecule has 1 aliphatic heterocycles. The van der Waals surface area contributed by atoms with Crippen LogP contribution in [0.2, 0.25) is 0 Å². The van der Waals surface area contributed by atoms with Gasteiger partial charge in [-0.2, -0.15) is 0 Å². The van der Waals surface area contributed by atoms with Gasteiger partial charge in [0.15, 0.2) is 0 Å². The largest absolute Gasteiger partial charge is 0.330 e. The van der Waals surface area contributed by atoms with Crippen LogP contribution in [-0.2, 0) is 4.79 Å². The minimum absolute atomic E-state index is 0.128. The fourth-order valence-electron chi connectivity index (χ4n) is 1.56. The van der Waals surface area contributed by atoms with Crippen molar-refractivity contribution in [3.63, 3.8) is 0 Å². The van der Waals surface area contributed by atoms with Gasteiger partial charge >= 0.3 is 0 Å². The van der Waals surface area contributed by atoms with Gasteiger partial charge in [-0.15, -0.1) is 0 Å². The van der Waals surface area contributed by atoms with Gasteiger partial charge in [0.1, 0.15) is 6.04 Å². The maximum atomic E-state index is 11.9. The summed E-state index contributed by atoms with van der Waals surface area (Å²) in [6.07, 6.45) is 0. The van der Waals surface area contributed by atoms with Crippen LogP contribution >= 0.6 is 0 Å². The molecule has 4 heteroatoms. The van der Waals surface area contributed by atoms with E-state index < -0.39 is 6.04 Å². The van der Waals surface area contributed by atoms with E-state index in [-0.39, 0.29) is 11.8 Å². The van der Waals surface area contributed by atoms with Crippen LogP contribution in [0.3, 0.4) is 0 Å². The van der Waals surface area contributed by atoms with Gasteiger partial charge in [0.05, 0.1) is 11.3 Å². The summed E-state index contributed by atoms with van der Waals surface area (Å²) in [6, 6.07) is 6.59. The van der Waals surface area contributed by atoms with Crippen molar-refractivity contribution in [3.8, 4) is 0 Å². The van der Waals surface area contributed by atoms with E-state index in [2.05, 4.69) is 5.32 Å². The minimum Gasteiger partial charge on any atom is -0.330 e. The second-order valence-electron chi connectivity index (χ2n) is 3.63. The number of amides is 2. The number of para-hydroxylation sites is 1. The molecule has 0 radical (unpaired) electrons. The van der Waals surface area contributed by atoms with Crippen molar-refractivity contribution < 1.29 is 9.59 Å². The number of hydrogen-bond acceptors (Lipinski definition) is 2. The highest BCUT2D eigenvalue weighted by atomic mass is 16.2. The van der Waals surface area contributed by atoms with Gasteiger partial charge in [-0.05, 0) is 19.1 Å². The van der Waals surface area contributed by atoms with E-state index in [0.29, 0.717) is 11.3 Å². The van der Waals surface area contributed by atoms with Crippen LogP contribution in [0, 0.1) is 0 Å². The van der Waals surface area contributed by atoms with Crippen molar-refractivity contribution in [2.75, 3.05) is 12.4 Å². The fourth-order valence-corrected chi connectivity index (χ4v) is 1.56. The molecule has 0 fully saturated rings. The molecule has 1 N–H and O–H groups in total. The van der Waals surface area contributed by atoms with Crippen molar-refractivity contribution in [3.05, 3.63) is 29.8 Å².